The molecule has 0 aliphatic carbocycles. The number of alkyl halides is 14. The quantitative estimate of drug-likeness (QED) is 0.0191. The summed E-state index contributed by atoms with van der Waals surface area (Å²) in [7, 11) is 0. The summed E-state index contributed by atoms with van der Waals surface area (Å²) in [5.41, 5.74) is 12.4. The van der Waals surface area contributed by atoms with Gasteiger partial charge >= 0.3 is 48.4 Å². The van der Waals surface area contributed by atoms with Crippen LogP contribution in [0.2, 0.25) is 0 Å². The number of anilines is 2. The lowest BCUT2D eigenvalue weighted by molar-refractivity contribution is -0.284. The summed E-state index contributed by atoms with van der Waals surface area (Å²) in [5, 5.41) is 0. The summed E-state index contributed by atoms with van der Waals surface area (Å²) in [5.74, 6) is -13.0. The number of benzene rings is 5. The van der Waals surface area contributed by atoms with Crippen molar-refractivity contribution in [3.63, 3.8) is 0 Å². The number of rotatable bonds is 25. The summed E-state index contributed by atoms with van der Waals surface area (Å²) in [4.78, 5) is 25.5. The van der Waals surface area contributed by atoms with E-state index in [-0.39, 0.29) is 41.9 Å². The Morgan fingerprint density at radius 2 is 0.840 bits per heavy atom. The Bertz CT molecular complexity index is 2550. The maximum atomic E-state index is 14.9. The Morgan fingerprint density at radius 1 is 0.480 bits per heavy atom. The van der Waals surface area contributed by atoms with Gasteiger partial charge in [-0.1, -0.05) is 30.3 Å². The minimum absolute atomic E-state index is 0.0565. The molecular weight excluding hydrogens is 1030 g/mol. The highest BCUT2D eigenvalue weighted by atomic mass is 19.4. The van der Waals surface area contributed by atoms with Crippen molar-refractivity contribution in [1.82, 2.24) is 0 Å². The average Bonchev–Trinajstić information content (AvgIpc) is 3.33. The summed E-state index contributed by atoms with van der Waals surface area (Å²) in [6.07, 6.45) is -18.8. The predicted molar refractivity (Wildman–Crippen MR) is 244 cm³/mol. The second-order valence-corrected chi connectivity index (χ2v) is 16.2. The summed E-state index contributed by atoms with van der Waals surface area (Å²) >= 11 is 0. The molecule has 0 aliphatic rings. The van der Waals surface area contributed by atoms with Gasteiger partial charge in [-0.05, 0) is 127 Å². The van der Waals surface area contributed by atoms with Crippen molar-refractivity contribution in [3.05, 3.63) is 155 Å². The van der Waals surface area contributed by atoms with E-state index < -0.39 is 104 Å². The highest BCUT2D eigenvalue weighted by Gasteiger charge is 2.57. The number of hydrogen-bond donors (Lipinski definition) is 2. The molecule has 5 aromatic rings. The Kier molecular flexibility index (Phi) is 19.1. The number of nitrogens with two attached hydrogens (primary N) is 2. The third-order valence-electron chi connectivity index (χ3n) is 10.5. The highest BCUT2D eigenvalue weighted by Crippen LogP contribution is 2.41. The Labute approximate surface area is 418 Å². The molecule has 5 aromatic carbocycles. The highest BCUT2D eigenvalue weighted by molar-refractivity contribution is 5.87. The number of carbonyl (C=O) groups excluding carboxylic acids is 2. The number of ether oxygens (including phenoxy) is 6. The Hall–Kier alpha value is -7.66. The van der Waals surface area contributed by atoms with Crippen molar-refractivity contribution < 1.29 is 99.5 Å². The third kappa shape index (κ3) is 17.5. The van der Waals surface area contributed by atoms with Gasteiger partial charge in [0.1, 0.15) is 36.2 Å². The number of carbonyl (C=O) groups is 2. The maximum absolute atomic E-state index is 14.9. The van der Waals surface area contributed by atoms with Crippen LogP contribution in [-0.2, 0) is 31.3 Å². The average molecular weight is 1080 g/mol. The van der Waals surface area contributed by atoms with Gasteiger partial charge in [-0.15, -0.1) is 0 Å². The molecule has 0 saturated heterocycles. The normalized spacial score (nSPS) is 12.8. The fraction of sp³-hybridized carbons (Fsp3) is 0.294. The van der Waals surface area contributed by atoms with Crippen molar-refractivity contribution >= 4 is 35.5 Å². The van der Waals surface area contributed by atoms with Gasteiger partial charge in [0.15, 0.2) is 0 Å². The molecule has 0 fully saturated rings. The van der Waals surface area contributed by atoms with Crippen LogP contribution < -0.4 is 30.4 Å². The molecule has 0 atom stereocenters. The molecule has 10 nitrogen and oxygen atoms in total. The molecule has 0 bridgehead atoms. The first-order valence-electron chi connectivity index (χ1n) is 22.1. The van der Waals surface area contributed by atoms with E-state index in [9.17, 15) is 71.1 Å². The van der Waals surface area contributed by atoms with Crippen molar-refractivity contribution in [3.8, 4) is 23.0 Å². The van der Waals surface area contributed by atoms with Crippen LogP contribution in [-0.4, -0.2) is 62.6 Å². The lowest BCUT2D eigenvalue weighted by atomic mass is 9.98. The molecule has 404 valence electrons. The van der Waals surface area contributed by atoms with E-state index in [1.807, 2.05) is 0 Å². The lowest BCUT2D eigenvalue weighted by Gasteiger charge is -2.20. The van der Waals surface area contributed by atoms with Gasteiger partial charge in [0.05, 0.1) is 30.3 Å². The standard InChI is InChI=1S/C51H44F14N2O8/c52-46(53,50(60,61)62)25-1-27-70-38-18-9-35(10-19-38)48(56,57)74-40-14-3-32(4-15-40)7-23-44(68)72-30-34(42-22-13-37(66)29-43(42)67)31-73-45(69)24-8-33-5-16-41(17-6-33)75-49(58,59)36-11-20-39(21-12-36)71-28-2-26-47(54,55)51(63,64)65/h3-24,29,34H,1-2,25-28,30-31,66-67H2/b23-7+,24-8+. The van der Waals surface area contributed by atoms with Crippen molar-refractivity contribution in [2.75, 3.05) is 37.9 Å². The van der Waals surface area contributed by atoms with E-state index in [0.29, 0.717) is 22.4 Å². The smallest absolute Gasteiger partial charge is 0.453 e. The zero-order chi connectivity index (χ0) is 55.2. The molecule has 4 N–H and O–H groups in total. The largest absolute Gasteiger partial charge is 0.494 e. The van der Waals surface area contributed by atoms with Crippen molar-refractivity contribution in [2.24, 2.45) is 0 Å². The molecule has 0 amide bonds. The third-order valence-corrected chi connectivity index (χ3v) is 10.5. The second-order valence-electron chi connectivity index (χ2n) is 16.2. The molecule has 5 rings (SSSR count). The van der Waals surface area contributed by atoms with E-state index in [0.717, 1.165) is 60.7 Å². The fourth-order valence-corrected chi connectivity index (χ4v) is 6.43. The monoisotopic (exact) mass is 1080 g/mol. The summed E-state index contributed by atoms with van der Waals surface area (Å²) in [6.45, 7) is -1.76. The SMILES string of the molecule is Nc1ccc(C(COC(=O)/C=C/c2ccc(OC(F)(F)c3ccc(OCCCC(F)(F)C(F)(F)F)cc3)cc2)COC(=O)/C=C/c2ccc(OC(F)(F)c3ccc(OCCCC(F)(F)C(F)(F)F)cc3)cc2)c(N)c1. The Balaban J connectivity index is 1.08. The van der Waals surface area contributed by atoms with Gasteiger partial charge in [-0.3, -0.25) is 0 Å². The van der Waals surface area contributed by atoms with E-state index in [2.05, 4.69) is 0 Å². The number of esters is 2. The van der Waals surface area contributed by atoms with Gasteiger partial charge in [0.2, 0.25) is 0 Å². The minimum atomic E-state index is -5.71. The van der Waals surface area contributed by atoms with Crippen LogP contribution >= 0.6 is 0 Å². The van der Waals surface area contributed by atoms with Crippen molar-refractivity contribution in [1.29, 1.82) is 0 Å². The topological polar surface area (TPSA) is 142 Å². The molecule has 0 heterocycles. The first kappa shape index (κ1) is 58.2. The van der Waals surface area contributed by atoms with Crippen LogP contribution in [0.3, 0.4) is 0 Å². The van der Waals surface area contributed by atoms with Gasteiger partial charge < -0.3 is 39.9 Å². The predicted octanol–water partition coefficient (Wildman–Crippen LogP) is 13.4. The van der Waals surface area contributed by atoms with Crippen LogP contribution in [0.4, 0.5) is 72.8 Å². The van der Waals surface area contributed by atoms with E-state index in [1.54, 1.807) is 6.07 Å². The molecule has 24 heteroatoms. The maximum Gasteiger partial charge on any atom is 0.453 e. The minimum Gasteiger partial charge on any atom is -0.494 e. The second kappa shape index (κ2) is 24.6. The molecule has 0 aromatic heterocycles. The van der Waals surface area contributed by atoms with Crippen LogP contribution in [0.25, 0.3) is 12.2 Å². The van der Waals surface area contributed by atoms with Gasteiger partial charge in [0.25, 0.3) is 0 Å². The lowest BCUT2D eigenvalue weighted by Crippen LogP contribution is -2.36. The summed E-state index contributed by atoms with van der Waals surface area (Å²) in [6, 6.07) is 22.6. The van der Waals surface area contributed by atoms with Gasteiger partial charge in [0, 0.05) is 36.4 Å². The first-order chi connectivity index (χ1) is 35.0. The molecule has 0 unspecified atom stereocenters. The molecule has 0 spiro atoms. The fourth-order valence-electron chi connectivity index (χ4n) is 6.43. The zero-order valence-corrected chi connectivity index (χ0v) is 38.7. The van der Waals surface area contributed by atoms with Crippen molar-refractivity contribution in [2.45, 2.75) is 68.0 Å². The van der Waals surface area contributed by atoms with E-state index in [4.69, 9.17) is 39.9 Å². The van der Waals surface area contributed by atoms with Crippen LogP contribution in [0.15, 0.2) is 127 Å². The Morgan fingerprint density at radius 3 is 1.19 bits per heavy atom. The molecule has 75 heavy (non-hydrogen) atoms. The number of nitrogen functional groups attached to an aromatic ring is 2. The van der Waals surface area contributed by atoms with Gasteiger partial charge in [-0.2, -0.15) is 61.5 Å². The number of hydrogen-bond acceptors (Lipinski definition) is 10. The summed E-state index contributed by atoms with van der Waals surface area (Å²) < 4.78 is 217. The van der Waals surface area contributed by atoms with Crippen LogP contribution in [0.5, 0.6) is 23.0 Å². The molecule has 0 aliphatic heterocycles. The van der Waals surface area contributed by atoms with E-state index >= 15 is 0 Å². The zero-order valence-electron chi connectivity index (χ0n) is 38.7. The van der Waals surface area contributed by atoms with Gasteiger partial charge in [-0.25, -0.2) is 9.59 Å². The van der Waals surface area contributed by atoms with Crippen LogP contribution in [0.1, 0.15) is 59.4 Å². The van der Waals surface area contributed by atoms with Crippen LogP contribution in [0, 0.1) is 0 Å². The molecule has 0 radical (unpaired) electrons. The first-order valence-corrected chi connectivity index (χ1v) is 22.1. The van der Waals surface area contributed by atoms with E-state index in [1.165, 1.54) is 72.8 Å². The molecular formula is C51H44F14N2O8. The number of halogens is 14. The molecule has 0 saturated carbocycles.